The lowest BCUT2D eigenvalue weighted by molar-refractivity contribution is -0.124. The monoisotopic (exact) mass is 398 g/mol. The molecule has 3 nitrogen and oxygen atoms in total. The van der Waals surface area contributed by atoms with Crippen LogP contribution in [0.3, 0.4) is 0 Å². The maximum atomic E-state index is 13.1. The van der Waals surface area contributed by atoms with Crippen LogP contribution in [0.5, 0.6) is 0 Å². The van der Waals surface area contributed by atoms with Gasteiger partial charge in [0.05, 0.1) is 10.4 Å². The second-order valence-electron chi connectivity index (χ2n) is 7.75. The fraction of sp³-hybridized carbons (Fsp3) is 0.318. The predicted molar refractivity (Wildman–Crippen MR) is 110 cm³/mol. The number of amides is 1. The third-order valence-corrected chi connectivity index (χ3v) is 6.56. The van der Waals surface area contributed by atoms with Gasteiger partial charge in [-0.15, -0.1) is 0 Å². The van der Waals surface area contributed by atoms with Gasteiger partial charge in [0.1, 0.15) is 0 Å². The molecule has 1 fully saturated rings. The van der Waals surface area contributed by atoms with Crippen molar-refractivity contribution in [2.24, 2.45) is 0 Å². The summed E-state index contributed by atoms with van der Waals surface area (Å²) in [5, 5.41) is 5.67. The normalized spacial score (nSPS) is 20.3. The average Bonchev–Trinajstić information content (AvgIpc) is 3.39. The molecule has 5 rings (SSSR count). The van der Waals surface area contributed by atoms with E-state index in [1.807, 2.05) is 24.3 Å². The van der Waals surface area contributed by atoms with E-state index < -0.39 is 0 Å². The molecule has 1 atom stereocenters. The van der Waals surface area contributed by atoms with E-state index >= 15 is 0 Å². The van der Waals surface area contributed by atoms with Gasteiger partial charge >= 0.3 is 0 Å². The summed E-state index contributed by atoms with van der Waals surface area (Å²) in [6.45, 7) is 0. The van der Waals surface area contributed by atoms with Gasteiger partial charge < -0.3 is 10.3 Å². The third-order valence-electron chi connectivity index (χ3n) is 6.05. The highest BCUT2D eigenvalue weighted by Gasteiger charge is 2.51. The number of hydrogen-bond acceptors (Lipinski definition) is 1. The van der Waals surface area contributed by atoms with E-state index in [-0.39, 0.29) is 17.4 Å². The highest BCUT2D eigenvalue weighted by atomic mass is 35.5. The van der Waals surface area contributed by atoms with E-state index in [4.69, 9.17) is 23.2 Å². The topological polar surface area (TPSA) is 44.9 Å². The Kier molecular flexibility index (Phi) is 3.99. The Labute approximate surface area is 168 Å². The van der Waals surface area contributed by atoms with Gasteiger partial charge in [0.2, 0.25) is 5.91 Å². The first-order chi connectivity index (χ1) is 13.1. The first-order valence-electron chi connectivity index (χ1n) is 9.42. The van der Waals surface area contributed by atoms with Gasteiger partial charge in [-0.2, -0.15) is 0 Å². The quantitative estimate of drug-likeness (QED) is 0.626. The Balaban J connectivity index is 1.39. The molecule has 3 aromatic rings. The number of benzene rings is 2. The van der Waals surface area contributed by atoms with Crippen LogP contribution >= 0.6 is 23.2 Å². The highest BCUT2D eigenvalue weighted by molar-refractivity contribution is 6.38. The van der Waals surface area contributed by atoms with Crippen LogP contribution in [0.25, 0.3) is 10.9 Å². The summed E-state index contributed by atoms with van der Waals surface area (Å²) in [5.74, 6) is 0.163. The highest BCUT2D eigenvalue weighted by Crippen LogP contribution is 2.48. The molecule has 1 heterocycles. The number of aromatic amines is 1. The van der Waals surface area contributed by atoms with Crippen LogP contribution in [-0.4, -0.2) is 16.9 Å². The molecule has 1 saturated carbocycles. The standard InChI is InChI=1S/C22H20Cl2N2O/c23-14-10-17(24)20-16-12-15(6-7-18(16)26-19(20)11-14)25-21(27)22(8-9-22)13-4-2-1-3-5-13/h1-5,10-11,15,26H,6-9,12H2,(H,25,27). The fourth-order valence-electron chi connectivity index (χ4n) is 4.45. The molecular weight excluding hydrogens is 379 g/mol. The Bertz CT molecular complexity index is 1040. The first kappa shape index (κ1) is 17.2. The number of hydrogen-bond donors (Lipinski definition) is 2. The molecule has 0 spiro atoms. The summed E-state index contributed by atoms with van der Waals surface area (Å²) in [5.41, 5.74) is 4.21. The number of rotatable bonds is 3. The van der Waals surface area contributed by atoms with E-state index in [1.165, 1.54) is 11.3 Å². The van der Waals surface area contributed by atoms with Crippen molar-refractivity contribution in [2.75, 3.05) is 0 Å². The molecule has 27 heavy (non-hydrogen) atoms. The predicted octanol–water partition coefficient (Wildman–Crippen LogP) is 5.18. The molecule has 1 unspecified atom stereocenters. The zero-order chi connectivity index (χ0) is 18.6. The number of carbonyl (C=O) groups is 1. The lowest BCUT2D eigenvalue weighted by atomic mass is 9.89. The van der Waals surface area contributed by atoms with E-state index in [1.54, 1.807) is 6.07 Å². The molecular formula is C22H20Cl2N2O. The van der Waals surface area contributed by atoms with Gasteiger partial charge in [-0.3, -0.25) is 4.79 Å². The van der Waals surface area contributed by atoms with Gasteiger partial charge in [-0.1, -0.05) is 53.5 Å². The summed E-state index contributed by atoms with van der Waals surface area (Å²) in [6.07, 6.45) is 4.49. The molecule has 0 radical (unpaired) electrons. The van der Waals surface area contributed by atoms with Crippen molar-refractivity contribution >= 4 is 40.0 Å². The summed E-state index contributed by atoms with van der Waals surface area (Å²) in [6, 6.07) is 14.0. The zero-order valence-corrected chi connectivity index (χ0v) is 16.3. The number of carbonyl (C=O) groups excluding carboxylic acids is 1. The molecule has 2 aliphatic rings. The summed E-state index contributed by atoms with van der Waals surface area (Å²) < 4.78 is 0. The van der Waals surface area contributed by atoms with Gasteiger partial charge in [0.15, 0.2) is 0 Å². The number of nitrogens with one attached hydrogen (secondary N) is 2. The largest absolute Gasteiger partial charge is 0.358 e. The molecule has 2 N–H and O–H groups in total. The molecule has 5 heteroatoms. The van der Waals surface area contributed by atoms with E-state index in [0.717, 1.165) is 48.6 Å². The molecule has 0 bridgehead atoms. The van der Waals surface area contributed by atoms with E-state index in [0.29, 0.717) is 10.0 Å². The van der Waals surface area contributed by atoms with E-state index in [9.17, 15) is 4.79 Å². The second-order valence-corrected chi connectivity index (χ2v) is 8.60. The maximum Gasteiger partial charge on any atom is 0.230 e. The van der Waals surface area contributed by atoms with Crippen molar-refractivity contribution in [3.05, 3.63) is 69.3 Å². The molecule has 1 amide bonds. The minimum atomic E-state index is -0.326. The molecule has 2 aromatic carbocycles. The summed E-state index contributed by atoms with van der Waals surface area (Å²) in [7, 11) is 0. The average molecular weight is 399 g/mol. The van der Waals surface area contributed by atoms with Crippen LogP contribution in [0.4, 0.5) is 0 Å². The van der Waals surface area contributed by atoms with E-state index in [2.05, 4.69) is 22.4 Å². The molecule has 0 saturated heterocycles. The van der Waals surface area contributed by atoms with Crippen LogP contribution in [0.15, 0.2) is 42.5 Å². The van der Waals surface area contributed by atoms with Crippen LogP contribution < -0.4 is 5.32 Å². The second kappa shape index (κ2) is 6.29. The molecule has 0 aliphatic heterocycles. The van der Waals surface area contributed by atoms with Gasteiger partial charge in [0, 0.05) is 27.7 Å². The van der Waals surface area contributed by atoms with Gasteiger partial charge in [-0.25, -0.2) is 0 Å². The first-order valence-corrected chi connectivity index (χ1v) is 10.2. The Morgan fingerprint density at radius 3 is 2.67 bits per heavy atom. The SMILES string of the molecule is O=C(NC1CCc2[nH]c3cc(Cl)cc(Cl)c3c2C1)C1(c2ccccc2)CC1. The number of H-pyrrole nitrogens is 1. The zero-order valence-electron chi connectivity index (χ0n) is 14.8. The third kappa shape index (κ3) is 2.84. The van der Waals surface area contributed by atoms with Crippen molar-refractivity contribution in [1.82, 2.24) is 10.3 Å². The number of aromatic nitrogens is 1. The maximum absolute atomic E-state index is 13.1. The van der Waals surface area contributed by atoms with Crippen molar-refractivity contribution in [3.8, 4) is 0 Å². The summed E-state index contributed by atoms with van der Waals surface area (Å²) >= 11 is 12.6. The Hall–Kier alpha value is -1.97. The number of aryl methyl sites for hydroxylation is 1. The van der Waals surface area contributed by atoms with Gasteiger partial charge in [-0.05, 0) is 55.4 Å². The van der Waals surface area contributed by atoms with Crippen molar-refractivity contribution in [1.29, 1.82) is 0 Å². The Morgan fingerprint density at radius 1 is 1.15 bits per heavy atom. The fourth-order valence-corrected chi connectivity index (χ4v) is 5.06. The minimum absolute atomic E-state index is 0.136. The lowest BCUT2D eigenvalue weighted by Gasteiger charge is -2.26. The molecule has 138 valence electrons. The van der Waals surface area contributed by atoms with Crippen molar-refractivity contribution in [2.45, 2.75) is 43.6 Å². The Morgan fingerprint density at radius 2 is 1.93 bits per heavy atom. The minimum Gasteiger partial charge on any atom is -0.358 e. The lowest BCUT2D eigenvalue weighted by Crippen LogP contribution is -2.44. The van der Waals surface area contributed by atoms with Crippen LogP contribution in [0.2, 0.25) is 10.0 Å². The van der Waals surface area contributed by atoms with Crippen LogP contribution in [0, 0.1) is 0 Å². The number of fused-ring (bicyclic) bond motifs is 3. The van der Waals surface area contributed by atoms with Crippen molar-refractivity contribution < 1.29 is 4.79 Å². The van der Waals surface area contributed by atoms with Crippen molar-refractivity contribution in [3.63, 3.8) is 0 Å². The number of halogens is 2. The van der Waals surface area contributed by atoms with Gasteiger partial charge in [0.25, 0.3) is 0 Å². The molecule has 2 aliphatic carbocycles. The summed E-state index contributed by atoms with van der Waals surface area (Å²) in [4.78, 5) is 16.5. The molecule has 1 aromatic heterocycles. The van der Waals surface area contributed by atoms with Crippen LogP contribution in [-0.2, 0) is 23.1 Å². The smallest absolute Gasteiger partial charge is 0.230 e. The van der Waals surface area contributed by atoms with Crippen LogP contribution in [0.1, 0.15) is 36.1 Å².